The van der Waals surface area contributed by atoms with E-state index in [-0.39, 0.29) is 11.5 Å². The molecule has 0 radical (unpaired) electrons. The van der Waals surface area contributed by atoms with Crippen LogP contribution in [-0.4, -0.2) is 50.5 Å². The molecule has 1 aromatic carbocycles. The Morgan fingerprint density at radius 1 is 1.35 bits per heavy atom. The van der Waals surface area contributed by atoms with Gasteiger partial charge in [-0.25, -0.2) is 4.79 Å². The number of hydrogen-bond donors (Lipinski definition) is 2. The monoisotopic (exact) mass is 323 g/mol. The Labute approximate surface area is 134 Å². The molecule has 0 aromatic heterocycles. The maximum absolute atomic E-state index is 12.4. The summed E-state index contributed by atoms with van der Waals surface area (Å²) < 4.78 is 15.6. The van der Waals surface area contributed by atoms with Crippen LogP contribution in [0, 0.1) is 5.92 Å². The average Bonchev–Trinajstić information content (AvgIpc) is 2.59. The van der Waals surface area contributed by atoms with Crippen molar-refractivity contribution >= 4 is 11.9 Å². The van der Waals surface area contributed by atoms with E-state index < -0.39 is 17.9 Å². The van der Waals surface area contributed by atoms with E-state index in [2.05, 4.69) is 5.32 Å². The maximum atomic E-state index is 12.4. The smallest absolute Gasteiger partial charge is 0.326 e. The molecule has 1 aromatic rings. The largest absolute Gasteiger partial charge is 0.497 e. The molecule has 0 spiro atoms. The lowest BCUT2D eigenvalue weighted by Crippen LogP contribution is -2.48. The van der Waals surface area contributed by atoms with Crippen molar-refractivity contribution in [2.75, 3.05) is 27.4 Å². The highest BCUT2D eigenvalue weighted by molar-refractivity contribution is 5.99. The Hall–Kier alpha value is -2.28. The van der Waals surface area contributed by atoms with Gasteiger partial charge in [-0.1, -0.05) is 0 Å². The van der Waals surface area contributed by atoms with Crippen LogP contribution in [0.15, 0.2) is 18.2 Å². The fraction of sp³-hybridized carbons (Fsp3) is 0.500. The maximum Gasteiger partial charge on any atom is 0.326 e. The minimum atomic E-state index is -1.07. The van der Waals surface area contributed by atoms with Crippen molar-refractivity contribution in [2.45, 2.75) is 18.9 Å². The zero-order chi connectivity index (χ0) is 16.8. The first kappa shape index (κ1) is 17.1. The zero-order valence-electron chi connectivity index (χ0n) is 13.2. The molecule has 1 fully saturated rings. The fourth-order valence-corrected chi connectivity index (χ4v) is 2.61. The number of hydrogen-bond acceptors (Lipinski definition) is 5. The van der Waals surface area contributed by atoms with Crippen molar-refractivity contribution in [2.24, 2.45) is 5.92 Å². The number of rotatable bonds is 6. The molecule has 1 amide bonds. The summed E-state index contributed by atoms with van der Waals surface area (Å²) in [5.74, 6) is -0.932. The highest BCUT2D eigenvalue weighted by Gasteiger charge is 2.32. The second-order valence-corrected chi connectivity index (χ2v) is 5.33. The molecule has 7 nitrogen and oxygen atoms in total. The first-order valence-electron chi connectivity index (χ1n) is 7.40. The minimum absolute atomic E-state index is 0.241. The minimum Gasteiger partial charge on any atom is -0.497 e. The van der Waals surface area contributed by atoms with Gasteiger partial charge in [-0.15, -0.1) is 0 Å². The van der Waals surface area contributed by atoms with Gasteiger partial charge in [0.1, 0.15) is 17.5 Å². The topological polar surface area (TPSA) is 94.1 Å². The first-order chi connectivity index (χ1) is 11.1. The molecule has 23 heavy (non-hydrogen) atoms. The first-order valence-corrected chi connectivity index (χ1v) is 7.40. The lowest BCUT2D eigenvalue weighted by Gasteiger charge is -2.28. The van der Waals surface area contributed by atoms with Gasteiger partial charge in [0, 0.05) is 18.6 Å². The van der Waals surface area contributed by atoms with Crippen molar-refractivity contribution in [1.29, 1.82) is 0 Å². The molecule has 1 saturated heterocycles. The Bertz CT molecular complexity index is 568. The van der Waals surface area contributed by atoms with Crippen LogP contribution in [0.5, 0.6) is 11.5 Å². The van der Waals surface area contributed by atoms with E-state index in [4.69, 9.17) is 14.2 Å². The van der Waals surface area contributed by atoms with Crippen LogP contribution in [0.4, 0.5) is 0 Å². The van der Waals surface area contributed by atoms with E-state index in [0.29, 0.717) is 31.1 Å². The van der Waals surface area contributed by atoms with E-state index in [1.807, 2.05) is 0 Å². The van der Waals surface area contributed by atoms with E-state index in [1.54, 1.807) is 18.2 Å². The quantitative estimate of drug-likeness (QED) is 0.820. The summed E-state index contributed by atoms with van der Waals surface area (Å²) in [5.41, 5.74) is 0.260. The van der Waals surface area contributed by atoms with Crippen LogP contribution < -0.4 is 14.8 Å². The van der Waals surface area contributed by atoms with Gasteiger partial charge < -0.3 is 24.6 Å². The van der Waals surface area contributed by atoms with Crippen molar-refractivity contribution in [1.82, 2.24) is 5.32 Å². The summed E-state index contributed by atoms with van der Waals surface area (Å²) in [5, 5.41) is 12.0. The number of amides is 1. The number of nitrogens with one attached hydrogen (secondary N) is 1. The van der Waals surface area contributed by atoms with Crippen LogP contribution in [0.1, 0.15) is 23.2 Å². The number of methoxy groups -OCH3 is 2. The predicted molar refractivity (Wildman–Crippen MR) is 82.0 cm³/mol. The summed E-state index contributed by atoms with van der Waals surface area (Å²) in [4.78, 5) is 23.9. The standard InChI is InChI=1S/C16H21NO6/c1-21-11-5-6-12(13(8-11)22-2)15(18)17-14(16(19)20)10-4-3-7-23-9-10/h5-6,8,10,14H,3-4,7,9H2,1-2H3,(H,17,18)(H,19,20). The van der Waals surface area contributed by atoms with E-state index in [9.17, 15) is 14.7 Å². The predicted octanol–water partition coefficient (Wildman–Crippen LogP) is 1.31. The number of carbonyl (C=O) groups is 2. The van der Waals surface area contributed by atoms with Crippen LogP contribution in [0.25, 0.3) is 0 Å². The van der Waals surface area contributed by atoms with Gasteiger partial charge in [-0.05, 0) is 25.0 Å². The molecule has 126 valence electrons. The highest BCUT2D eigenvalue weighted by Crippen LogP contribution is 2.25. The number of aliphatic carboxylic acids is 1. The van der Waals surface area contributed by atoms with Crippen molar-refractivity contribution in [3.63, 3.8) is 0 Å². The third kappa shape index (κ3) is 4.13. The SMILES string of the molecule is COc1ccc(C(=O)NC(C(=O)O)C2CCCOC2)c(OC)c1. The summed E-state index contributed by atoms with van der Waals surface area (Å²) in [6, 6.07) is 3.75. The molecule has 0 bridgehead atoms. The molecule has 1 aliphatic heterocycles. The number of carboxylic acid groups (broad SMARTS) is 1. The van der Waals surface area contributed by atoms with Gasteiger partial charge in [0.15, 0.2) is 0 Å². The number of benzene rings is 1. The molecule has 7 heteroatoms. The molecule has 2 atom stereocenters. The second kappa shape index (κ2) is 7.82. The molecular weight excluding hydrogens is 302 g/mol. The van der Waals surface area contributed by atoms with Crippen molar-refractivity contribution in [3.8, 4) is 11.5 Å². The normalized spacial score (nSPS) is 18.8. The average molecular weight is 323 g/mol. The Morgan fingerprint density at radius 3 is 2.70 bits per heavy atom. The van der Waals surface area contributed by atoms with Gasteiger partial charge in [0.05, 0.1) is 26.4 Å². The summed E-state index contributed by atoms with van der Waals surface area (Å²) in [6.45, 7) is 0.958. The van der Waals surface area contributed by atoms with Crippen LogP contribution >= 0.6 is 0 Å². The van der Waals surface area contributed by atoms with Gasteiger partial charge in [-0.2, -0.15) is 0 Å². The Morgan fingerprint density at radius 2 is 2.13 bits per heavy atom. The lowest BCUT2D eigenvalue weighted by molar-refractivity contribution is -0.142. The van der Waals surface area contributed by atoms with E-state index in [0.717, 1.165) is 6.42 Å². The second-order valence-electron chi connectivity index (χ2n) is 5.33. The summed E-state index contributed by atoms with van der Waals surface area (Å²) >= 11 is 0. The lowest BCUT2D eigenvalue weighted by atomic mass is 9.93. The van der Waals surface area contributed by atoms with Gasteiger partial charge in [0.25, 0.3) is 5.91 Å². The zero-order valence-corrected chi connectivity index (χ0v) is 13.2. The van der Waals surface area contributed by atoms with Crippen LogP contribution in [0.2, 0.25) is 0 Å². The third-order valence-corrected chi connectivity index (χ3v) is 3.87. The van der Waals surface area contributed by atoms with Crippen molar-refractivity contribution < 1.29 is 28.9 Å². The van der Waals surface area contributed by atoms with Crippen LogP contribution in [-0.2, 0) is 9.53 Å². The summed E-state index contributed by atoms with van der Waals surface area (Å²) in [7, 11) is 2.95. The Kier molecular flexibility index (Phi) is 5.81. The fourth-order valence-electron chi connectivity index (χ4n) is 2.61. The molecule has 0 aliphatic carbocycles. The van der Waals surface area contributed by atoms with Crippen LogP contribution in [0.3, 0.4) is 0 Å². The van der Waals surface area contributed by atoms with Gasteiger partial charge >= 0.3 is 5.97 Å². The molecule has 1 aliphatic rings. The summed E-state index contributed by atoms with van der Waals surface area (Å²) in [6.07, 6.45) is 1.49. The van der Waals surface area contributed by atoms with Gasteiger partial charge in [-0.3, -0.25) is 4.79 Å². The Balaban J connectivity index is 2.16. The molecule has 0 saturated carbocycles. The van der Waals surface area contributed by atoms with E-state index in [1.165, 1.54) is 14.2 Å². The molecule has 2 rings (SSSR count). The molecule has 2 unspecified atom stereocenters. The van der Waals surface area contributed by atoms with Gasteiger partial charge in [0.2, 0.25) is 0 Å². The number of carbonyl (C=O) groups excluding carboxylic acids is 1. The highest BCUT2D eigenvalue weighted by atomic mass is 16.5. The van der Waals surface area contributed by atoms with Crippen molar-refractivity contribution in [3.05, 3.63) is 23.8 Å². The third-order valence-electron chi connectivity index (χ3n) is 3.87. The molecule has 1 heterocycles. The number of carboxylic acids is 1. The number of ether oxygens (including phenoxy) is 3. The molecule has 2 N–H and O–H groups in total. The molecular formula is C16H21NO6. The van der Waals surface area contributed by atoms with E-state index >= 15 is 0 Å².